The lowest BCUT2D eigenvalue weighted by molar-refractivity contribution is -0.122. The van der Waals surface area contributed by atoms with Gasteiger partial charge in [0.25, 0.3) is 5.91 Å². The monoisotopic (exact) mass is 307 g/mol. The smallest absolute Gasteiger partial charge is 0.265 e. The van der Waals surface area contributed by atoms with Crippen molar-refractivity contribution in [2.24, 2.45) is 0 Å². The van der Waals surface area contributed by atoms with E-state index in [0.29, 0.717) is 11.4 Å². The van der Waals surface area contributed by atoms with Crippen molar-refractivity contribution >= 4 is 23.2 Å². The molecule has 0 spiro atoms. The van der Waals surface area contributed by atoms with Crippen LogP contribution in [0.25, 0.3) is 0 Å². The molecule has 110 valence electrons. The maximum atomic E-state index is 12.9. The summed E-state index contributed by atoms with van der Waals surface area (Å²) in [6.45, 7) is 3.57. The van der Waals surface area contributed by atoms with E-state index in [0.717, 1.165) is 11.6 Å². The molecule has 2 rings (SSSR count). The zero-order chi connectivity index (χ0) is 15.4. The number of aryl methyl sites for hydroxylation is 1. The second kappa shape index (κ2) is 6.59. The Labute approximate surface area is 127 Å². The predicted molar refractivity (Wildman–Crippen MR) is 81.3 cm³/mol. The summed E-state index contributed by atoms with van der Waals surface area (Å²) in [5.41, 5.74) is 1.39. The van der Waals surface area contributed by atoms with Crippen molar-refractivity contribution < 1.29 is 13.9 Å². The van der Waals surface area contributed by atoms with Gasteiger partial charge in [-0.3, -0.25) is 4.79 Å². The van der Waals surface area contributed by atoms with Crippen molar-refractivity contribution in [3.05, 3.63) is 58.9 Å². The molecule has 21 heavy (non-hydrogen) atoms. The Kier molecular flexibility index (Phi) is 4.81. The van der Waals surface area contributed by atoms with Crippen LogP contribution in [0.3, 0.4) is 0 Å². The first-order valence-electron chi connectivity index (χ1n) is 6.45. The molecule has 2 aromatic rings. The van der Waals surface area contributed by atoms with Gasteiger partial charge in [0.2, 0.25) is 0 Å². The van der Waals surface area contributed by atoms with Crippen molar-refractivity contribution in [2.45, 2.75) is 20.0 Å². The van der Waals surface area contributed by atoms with E-state index in [1.807, 2.05) is 25.1 Å². The molecule has 0 fully saturated rings. The van der Waals surface area contributed by atoms with Crippen LogP contribution in [-0.4, -0.2) is 12.0 Å². The number of amides is 1. The SMILES string of the molecule is Cc1cccc(O[C@@H](C)C(=O)Nc2ccc(F)cc2Cl)c1. The summed E-state index contributed by atoms with van der Waals surface area (Å²) >= 11 is 5.86. The van der Waals surface area contributed by atoms with Crippen LogP contribution in [0.15, 0.2) is 42.5 Å². The number of anilines is 1. The lowest BCUT2D eigenvalue weighted by Gasteiger charge is -2.15. The molecule has 5 heteroatoms. The molecule has 1 N–H and O–H groups in total. The fraction of sp³-hybridized carbons (Fsp3) is 0.188. The molecule has 0 bridgehead atoms. The van der Waals surface area contributed by atoms with Gasteiger partial charge in [0.05, 0.1) is 10.7 Å². The summed E-state index contributed by atoms with van der Waals surface area (Å²) in [5.74, 6) is -0.199. The number of halogens is 2. The maximum absolute atomic E-state index is 12.9. The highest BCUT2D eigenvalue weighted by Crippen LogP contribution is 2.23. The lowest BCUT2D eigenvalue weighted by Crippen LogP contribution is -2.30. The Morgan fingerprint density at radius 1 is 1.29 bits per heavy atom. The molecule has 0 aliphatic rings. The third kappa shape index (κ3) is 4.20. The predicted octanol–water partition coefficient (Wildman–Crippen LogP) is 4.19. The first kappa shape index (κ1) is 15.3. The van der Waals surface area contributed by atoms with Gasteiger partial charge in [-0.2, -0.15) is 0 Å². The quantitative estimate of drug-likeness (QED) is 0.919. The van der Waals surface area contributed by atoms with Gasteiger partial charge in [-0.1, -0.05) is 23.7 Å². The molecule has 1 amide bonds. The van der Waals surface area contributed by atoms with Crippen LogP contribution in [0.1, 0.15) is 12.5 Å². The molecule has 2 aromatic carbocycles. The topological polar surface area (TPSA) is 38.3 Å². The summed E-state index contributed by atoms with van der Waals surface area (Å²) in [6.07, 6.45) is -0.701. The van der Waals surface area contributed by atoms with E-state index in [2.05, 4.69) is 5.32 Å². The number of hydrogen-bond donors (Lipinski definition) is 1. The van der Waals surface area contributed by atoms with Gasteiger partial charge in [-0.15, -0.1) is 0 Å². The van der Waals surface area contributed by atoms with E-state index in [1.165, 1.54) is 12.1 Å². The van der Waals surface area contributed by atoms with Crippen molar-refractivity contribution in [3.8, 4) is 5.75 Å². The third-order valence-corrected chi connectivity index (χ3v) is 3.17. The van der Waals surface area contributed by atoms with Crippen molar-refractivity contribution in [3.63, 3.8) is 0 Å². The van der Waals surface area contributed by atoms with Gasteiger partial charge in [0.15, 0.2) is 6.10 Å². The summed E-state index contributed by atoms with van der Waals surface area (Å²) in [7, 11) is 0. The zero-order valence-electron chi connectivity index (χ0n) is 11.7. The number of nitrogens with one attached hydrogen (secondary N) is 1. The largest absolute Gasteiger partial charge is 0.481 e. The molecule has 0 radical (unpaired) electrons. The van der Waals surface area contributed by atoms with Gasteiger partial charge in [-0.05, 0) is 49.7 Å². The van der Waals surface area contributed by atoms with E-state index in [4.69, 9.17) is 16.3 Å². The number of benzene rings is 2. The van der Waals surface area contributed by atoms with Gasteiger partial charge in [0.1, 0.15) is 11.6 Å². The van der Waals surface area contributed by atoms with Gasteiger partial charge in [-0.25, -0.2) is 4.39 Å². The molecular formula is C16H15ClFNO2. The molecule has 0 saturated carbocycles. The van der Waals surface area contributed by atoms with Crippen LogP contribution in [0.2, 0.25) is 5.02 Å². The average molecular weight is 308 g/mol. The van der Waals surface area contributed by atoms with E-state index < -0.39 is 11.9 Å². The third-order valence-electron chi connectivity index (χ3n) is 2.86. The Hall–Kier alpha value is -2.07. The first-order valence-corrected chi connectivity index (χ1v) is 6.83. The molecule has 1 atom stereocenters. The minimum atomic E-state index is -0.701. The van der Waals surface area contributed by atoms with Crippen LogP contribution < -0.4 is 10.1 Å². The highest BCUT2D eigenvalue weighted by molar-refractivity contribution is 6.33. The fourth-order valence-electron chi connectivity index (χ4n) is 1.77. The molecule has 0 unspecified atom stereocenters. The lowest BCUT2D eigenvalue weighted by atomic mass is 10.2. The average Bonchev–Trinajstić information content (AvgIpc) is 2.41. The number of rotatable bonds is 4. The standard InChI is InChI=1S/C16H15ClFNO2/c1-10-4-3-5-13(8-10)21-11(2)16(20)19-15-7-6-12(18)9-14(15)17/h3-9,11H,1-2H3,(H,19,20)/t11-/m0/s1. The van der Waals surface area contributed by atoms with Crippen molar-refractivity contribution in [2.75, 3.05) is 5.32 Å². The normalized spacial score (nSPS) is 11.8. The van der Waals surface area contributed by atoms with Crippen LogP contribution >= 0.6 is 11.6 Å². The molecule has 0 saturated heterocycles. The van der Waals surface area contributed by atoms with Gasteiger partial charge < -0.3 is 10.1 Å². The first-order chi connectivity index (χ1) is 9.95. The molecule has 0 aromatic heterocycles. The molecular weight excluding hydrogens is 293 g/mol. The Balaban J connectivity index is 2.02. The van der Waals surface area contributed by atoms with Crippen LogP contribution in [-0.2, 0) is 4.79 Å². The van der Waals surface area contributed by atoms with Crippen LogP contribution in [0.5, 0.6) is 5.75 Å². The fourth-order valence-corrected chi connectivity index (χ4v) is 1.99. The van der Waals surface area contributed by atoms with Crippen LogP contribution in [0, 0.1) is 12.7 Å². The van der Waals surface area contributed by atoms with Crippen molar-refractivity contribution in [1.82, 2.24) is 0 Å². The Bertz CT molecular complexity index is 660. The Morgan fingerprint density at radius 2 is 2.05 bits per heavy atom. The number of carbonyl (C=O) groups is 1. The number of hydrogen-bond acceptors (Lipinski definition) is 2. The van der Waals surface area contributed by atoms with Gasteiger partial charge in [0, 0.05) is 0 Å². The maximum Gasteiger partial charge on any atom is 0.265 e. The minimum Gasteiger partial charge on any atom is -0.481 e. The molecule has 0 aliphatic carbocycles. The summed E-state index contributed by atoms with van der Waals surface area (Å²) in [4.78, 5) is 12.1. The highest BCUT2D eigenvalue weighted by Gasteiger charge is 2.16. The minimum absolute atomic E-state index is 0.145. The van der Waals surface area contributed by atoms with E-state index in [9.17, 15) is 9.18 Å². The van der Waals surface area contributed by atoms with E-state index in [-0.39, 0.29) is 10.9 Å². The summed E-state index contributed by atoms with van der Waals surface area (Å²) in [6, 6.07) is 11.2. The van der Waals surface area contributed by atoms with E-state index in [1.54, 1.807) is 13.0 Å². The van der Waals surface area contributed by atoms with Crippen molar-refractivity contribution in [1.29, 1.82) is 0 Å². The van der Waals surface area contributed by atoms with E-state index >= 15 is 0 Å². The second-order valence-electron chi connectivity index (χ2n) is 4.69. The van der Waals surface area contributed by atoms with Crippen LogP contribution in [0.4, 0.5) is 10.1 Å². The van der Waals surface area contributed by atoms with Gasteiger partial charge >= 0.3 is 0 Å². The Morgan fingerprint density at radius 3 is 2.71 bits per heavy atom. The highest BCUT2D eigenvalue weighted by atomic mass is 35.5. The summed E-state index contributed by atoms with van der Waals surface area (Å²) < 4.78 is 18.5. The molecule has 0 aliphatic heterocycles. The second-order valence-corrected chi connectivity index (χ2v) is 5.10. The zero-order valence-corrected chi connectivity index (χ0v) is 12.4. The number of ether oxygens (including phenoxy) is 1. The summed E-state index contributed by atoms with van der Waals surface area (Å²) in [5, 5.41) is 2.75. The number of carbonyl (C=O) groups excluding carboxylic acids is 1. The molecule has 0 heterocycles. The molecule has 3 nitrogen and oxygen atoms in total.